The van der Waals surface area contributed by atoms with Gasteiger partial charge < -0.3 is 15.5 Å². The van der Waals surface area contributed by atoms with Crippen LogP contribution in [0.25, 0.3) is 0 Å². The molecule has 0 atom stereocenters. The first kappa shape index (κ1) is 23.6. The first-order valence-electron chi connectivity index (χ1n) is 10.0. The van der Waals surface area contributed by atoms with Crippen LogP contribution in [0.5, 0.6) is 0 Å². The molecule has 4 rings (SSSR count). The number of carbonyl (C=O) groups is 1. The van der Waals surface area contributed by atoms with Gasteiger partial charge in [-0.25, -0.2) is 4.68 Å². The Balaban J connectivity index is 0.00000150. The lowest BCUT2D eigenvalue weighted by Crippen LogP contribution is -2.29. The zero-order valence-corrected chi connectivity index (χ0v) is 18.2. The number of rotatable bonds is 6. The zero-order valence-electron chi connectivity index (χ0n) is 16.5. The van der Waals surface area contributed by atoms with Gasteiger partial charge in [0.2, 0.25) is 0 Å². The number of hydrogen-bond donors (Lipinski definition) is 2. The van der Waals surface area contributed by atoms with Crippen molar-refractivity contribution in [1.82, 2.24) is 25.2 Å². The molecule has 160 valence electrons. The number of aromatic nitrogens is 3. The zero-order chi connectivity index (χ0) is 18.5. The van der Waals surface area contributed by atoms with Crippen molar-refractivity contribution in [3.05, 3.63) is 41.7 Å². The number of benzene rings is 1. The van der Waals surface area contributed by atoms with Crippen LogP contribution in [0.3, 0.4) is 0 Å². The summed E-state index contributed by atoms with van der Waals surface area (Å²) in [5.74, 6) is -0.208. The highest BCUT2D eigenvalue weighted by Gasteiger charge is 2.19. The lowest BCUT2D eigenvalue weighted by Gasteiger charge is -2.22. The number of nitrogens with one attached hydrogen (secondary N) is 2. The molecule has 2 aliphatic heterocycles. The minimum atomic E-state index is -0.208. The van der Waals surface area contributed by atoms with Gasteiger partial charge in [-0.2, -0.15) is 0 Å². The predicted molar refractivity (Wildman–Crippen MR) is 119 cm³/mol. The molecule has 2 fully saturated rings. The molecule has 2 aromatic rings. The summed E-state index contributed by atoms with van der Waals surface area (Å²) >= 11 is 0. The lowest BCUT2D eigenvalue weighted by molar-refractivity contribution is 0.102. The third-order valence-corrected chi connectivity index (χ3v) is 5.55. The number of amides is 1. The molecule has 29 heavy (non-hydrogen) atoms. The number of likely N-dealkylation sites (tertiary alicyclic amines) is 1. The highest BCUT2D eigenvalue weighted by Crippen LogP contribution is 2.18. The molecule has 0 radical (unpaired) electrons. The standard InChI is InChI=1S/C20H28N6O.2ClH/c27-20(19-15-26(24-23-19)18-7-10-21-11-8-18)22-17-5-3-16(4-6-17)9-14-25-12-1-2-13-25;;/h3-6,15,18,21H,1-2,7-14H2,(H,22,27);2*1H. The Morgan fingerprint density at radius 3 is 2.48 bits per heavy atom. The van der Waals surface area contributed by atoms with Crippen molar-refractivity contribution in [2.45, 2.75) is 38.1 Å². The fourth-order valence-electron chi connectivity index (χ4n) is 3.87. The summed E-state index contributed by atoms with van der Waals surface area (Å²) < 4.78 is 1.83. The van der Waals surface area contributed by atoms with Gasteiger partial charge in [-0.05, 0) is 76.0 Å². The minimum absolute atomic E-state index is 0. The number of hydrogen-bond acceptors (Lipinski definition) is 5. The van der Waals surface area contributed by atoms with Gasteiger partial charge in [0.1, 0.15) is 0 Å². The maximum absolute atomic E-state index is 12.4. The quantitative estimate of drug-likeness (QED) is 0.721. The van der Waals surface area contributed by atoms with E-state index in [9.17, 15) is 4.79 Å². The van der Waals surface area contributed by atoms with Crippen LogP contribution in [0.4, 0.5) is 5.69 Å². The van der Waals surface area contributed by atoms with Crippen molar-refractivity contribution in [2.24, 2.45) is 0 Å². The molecular weight excluding hydrogens is 411 g/mol. The fourth-order valence-corrected chi connectivity index (χ4v) is 3.87. The van der Waals surface area contributed by atoms with Gasteiger partial charge in [0.05, 0.1) is 12.2 Å². The van der Waals surface area contributed by atoms with Gasteiger partial charge in [-0.15, -0.1) is 29.9 Å². The largest absolute Gasteiger partial charge is 0.321 e. The topological polar surface area (TPSA) is 75.1 Å². The Morgan fingerprint density at radius 2 is 1.79 bits per heavy atom. The summed E-state index contributed by atoms with van der Waals surface area (Å²) in [6.07, 6.45) is 7.50. The summed E-state index contributed by atoms with van der Waals surface area (Å²) in [6, 6.07) is 8.45. The molecule has 1 aromatic carbocycles. The predicted octanol–water partition coefficient (Wildman–Crippen LogP) is 2.94. The van der Waals surface area contributed by atoms with Gasteiger partial charge in [-0.3, -0.25) is 4.79 Å². The second-order valence-corrected chi connectivity index (χ2v) is 7.51. The number of piperidine rings is 1. The molecule has 0 saturated carbocycles. The van der Waals surface area contributed by atoms with E-state index in [1.54, 1.807) is 6.20 Å². The maximum Gasteiger partial charge on any atom is 0.277 e. The number of carbonyl (C=O) groups excluding carboxylic acids is 1. The summed E-state index contributed by atoms with van der Waals surface area (Å²) in [4.78, 5) is 15.0. The van der Waals surface area contributed by atoms with E-state index in [4.69, 9.17) is 0 Å². The van der Waals surface area contributed by atoms with E-state index in [0.717, 1.165) is 44.6 Å². The Bertz CT molecular complexity index is 755. The molecule has 3 heterocycles. The second-order valence-electron chi connectivity index (χ2n) is 7.51. The maximum atomic E-state index is 12.4. The van der Waals surface area contributed by atoms with E-state index in [-0.39, 0.29) is 30.7 Å². The summed E-state index contributed by atoms with van der Waals surface area (Å²) in [5.41, 5.74) is 2.46. The Labute approximate surface area is 184 Å². The van der Waals surface area contributed by atoms with Gasteiger partial charge in [0, 0.05) is 12.2 Å². The van der Waals surface area contributed by atoms with E-state index in [2.05, 4.69) is 38.0 Å². The lowest BCUT2D eigenvalue weighted by atomic mass is 10.1. The van der Waals surface area contributed by atoms with E-state index in [1.807, 2.05) is 16.8 Å². The van der Waals surface area contributed by atoms with Crippen LogP contribution < -0.4 is 10.6 Å². The summed E-state index contributed by atoms with van der Waals surface area (Å²) in [6.45, 7) is 5.54. The van der Waals surface area contributed by atoms with Crippen LogP contribution >= 0.6 is 24.8 Å². The SMILES string of the molecule is Cl.Cl.O=C(Nc1ccc(CCN2CCCC2)cc1)c1cn(C2CCNCC2)nn1. The summed E-state index contributed by atoms with van der Waals surface area (Å²) in [5, 5.41) is 14.5. The van der Waals surface area contributed by atoms with E-state index in [1.165, 1.54) is 31.5 Å². The highest BCUT2D eigenvalue weighted by molar-refractivity contribution is 6.02. The molecule has 2 N–H and O–H groups in total. The van der Waals surface area contributed by atoms with Crippen molar-refractivity contribution in [2.75, 3.05) is 38.0 Å². The van der Waals surface area contributed by atoms with Crippen molar-refractivity contribution in [3.63, 3.8) is 0 Å². The van der Waals surface area contributed by atoms with Crippen LogP contribution in [-0.2, 0) is 6.42 Å². The molecular formula is C20H30Cl2N6O. The van der Waals surface area contributed by atoms with Crippen LogP contribution in [0.15, 0.2) is 30.5 Å². The van der Waals surface area contributed by atoms with Gasteiger partial charge in [-0.1, -0.05) is 17.3 Å². The highest BCUT2D eigenvalue weighted by atomic mass is 35.5. The minimum Gasteiger partial charge on any atom is -0.321 e. The molecule has 1 amide bonds. The van der Waals surface area contributed by atoms with E-state index in [0.29, 0.717) is 11.7 Å². The molecule has 0 unspecified atom stereocenters. The monoisotopic (exact) mass is 440 g/mol. The molecule has 9 heteroatoms. The molecule has 0 spiro atoms. The van der Waals surface area contributed by atoms with Crippen molar-refractivity contribution in [1.29, 1.82) is 0 Å². The van der Waals surface area contributed by atoms with Crippen molar-refractivity contribution >= 4 is 36.4 Å². The molecule has 2 saturated heterocycles. The average molecular weight is 441 g/mol. The van der Waals surface area contributed by atoms with Gasteiger partial charge in [0.15, 0.2) is 5.69 Å². The van der Waals surface area contributed by atoms with E-state index >= 15 is 0 Å². The van der Waals surface area contributed by atoms with Crippen LogP contribution in [0.2, 0.25) is 0 Å². The first-order valence-corrected chi connectivity index (χ1v) is 10.0. The van der Waals surface area contributed by atoms with Crippen LogP contribution in [-0.4, -0.2) is 58.5 Å². The molecule has 1 aromatic heterocycles. The first-order chi connectivity index (χ1) is 13.3. The van der Waals surface area contributed by atoms with Crippen LogP contribution in [0.1, 0.15) is 47.8 Å². The molecule has 2 aliphatic rings. The van der Waals surface area contributed by atoms with E-state index < -0.39 is 0 Å². The molecule has 0 bridgehead atoms. The summed E-state index contributed by atoms with van der Waals surface area (Å²) in [7, 11) is 0. The Hall–Kier alpha value is -1.67. The van der Waals surface area contributed by atoms with Crippen LogP contribution in [0, 0.1) is 0 Å². The Kier molecular flexibility index (Phi) is 9.36. The smallest absolute Gasteiger partial charge is 0.277 e. The van der Waals surface area contributed by atoms with Crippen molar-refractivity contribution < 1.29 is 4.79 Å². The number of nitrogens with zero attached hydrogens (tertiary/aromatic N) is 4. The molecule has 7 nitrogen and oxygen atoms in total. The third-order valence-electron chi connectivity index (χ3n) is 5.55. The van der Waals surface area contributed by atoms with Crippen molar-refractivity contribution in [3.8, 4) is 0 Å². The second kappa shape index (κ2) is 11.5. The molecule has 0 aliphatic carbocycles. The van der Waals surface area contributed by atoms with Gasteiger partial charge >= 0.3 is 0 Å². The number of halogens is 2. The Morgan fingerprint density at radius 1 is 1.10 bits per heavy atom. The average Bonchev–Trinajstić information content (AvgIpc) is 3.40. The fraction of sp³-hybridized carbons (Fsp3) is 0.550. The van der Waals surface area contributed by atoms with Gasteiger partial charge in [0.25, 0.3) is 5.91 Å². The third kappa shape index (κ3) is 6.40. The number of anilines is 1. The normalized spacial score (nSPS) is 17.4.